The van der Waals surface area contributed by atoms with Crippen LogP contribution in [0.15, 0.2) is 0 Å². The number of hydrogen-bond donors (Lipinski definition) is 2. The molecule has 1 heterocycles. The summed E-state index contributed by atoms with van der Waals surface area (Å²) in [7, 11) is -2.98. The summed E-state index contributed by atoms with van der Waals surface area (Å²) < 4.78 is 22.7. The van der Waals surface area contributed by atoms with E-state index in [9.17, 15) is 13.2 Å². The van der Waals surface area contributed by atoms with E-state index in [4.69, 9.17) is 5.73 Å². The average Bonchev–Trinajstić information content (AvgIpc) is 2.36. The molecule has 1 amide bonds. The van der Waals surface area contributed by atoms with Gasteiger partial charge in [-0.25, -0.2) is 8.42 Å². The van der Waals surface area contributed by atoms with Gasteiger partial charge in [0.2, 0.25) is 5.91 Å². The Balaban J connectivity index is 2.47. The lowest BCUT2D eigenvalue weighted by molar-refractivity contribution is -0.122. The van der Waals surface area contributed by atoms with Crippen LogP contribution in [0.2, 0.25) is 0 Å². The summed E-state index contributed by atoms with van der Waals surface area (Å²) in [5, 5.41) is 2.81. The normalized spacial score (nSPS) is 28.0. The van der Waals surface area contributed by atoms with Crippen LogP contribution in [-0.4, -0.2) is 36.9 Å². The first-order chi connectivity index (χ1) is 7.52. The van der Waals surface area contributed by atoms with Gasteiger partial charge in [0.05, 0.1) is 17.0 Å². The molecule has 1 rings (SSSR count). The molecule has 0 aromatic carbocycles. The summed E-state index contributed by atoms with van der Waals surface area (Å²) in [5.41, 5.74) is 4.81. The molecule has 0 aliphatic carbocycles. The topological polar surface area (TPSA) is 89.3 Å². The van der Waals surface area contributed by atoms with Crippen LogP contribution in [0.1, 0.15) is 40.0 Å². The summed E-state index contributed by atoms with van der Waals surface area (Å²) in [6.07, 6.45) is 1.41. The van der Waals surface area contributed by atoms with Crippen LogP contribution in [-0.2, 0) is 14.6 Å². The fourth-order valence-corrected chi connectivity index (χ4v) is 4.04. The van der Waals surface area contributed by atoms with E-state index in [1.165, 1.54) is 0 Å². The first kappa shape index (κ1) is 14.4. The Kier molecular flexibility index (Phi) is 3.88. The van der Waals surface area contributed by atoms with E-state index in [2.05, 4.69) is 5.32 Å². The van der Waals surface area contributed by atoms with Gasteiger partial charge in [-0.2, -0.15) is 0 Å². The highest BCUT2D eigenvalue weighted by molar-refractivity contribution is 7.91. The first-order valence-electron chi connectivity index (χ1n) is 5.82. The number of sulfone groups is 1. The molecule has 0 aromatic heterocycles. The van der Waals surface area contributed by atoms with Crippen LogP contribution in [0.5, 0.6) is 0 Å². The standard InChI is InChI=1S/C11H22N2O3S/c1-10(2,12)5-4-9(14)13-11(3)6-7-17(15,16)8-11/h4-8,12H2,1-3H3,(H,13,14). The number of carbonyl (C=O) groups excluding carboxylic acids is 1. The second-order valence-electron chi connectivity index (χ2n) is 5.94. The van der Waals surface area contributed by atoms with E-state index in [0.717, 1.165) is 0 Å². The minimum absolute atomic E-state index is 0.0394. The van der Waals surface area contributed by atoms with Gasteiger partial charge in [0.15, 0.2) is 9.84 Å². The quantitative estimate of drug-likeness (QED) is 0.757. The molecule has 17 heavy (non-hydrogen) atoms. The van der Waals surface area contributed by atoms with Crippen molar-refractivity contribution in [3.05, 3.63) is 0 Å². The maximum absolute atomic E-state index is 11.7. The number of amides is 1. The van der Waals surface area contributed by atoms with Gasteiger partial charge in [-0.05, 0) is 33.6 Å². The van der Waals surface area contributed by atoms with E-state index in [-0.39, 0.29) is 23.0 Å². The lowest BCUT2D eigenvalue weighted by atomic mass is 9.98. The molecule has 1 unspecified atom stereocenters. The second-order valence-corrected chi connectivity index (χ2v) is 8.12. The summed E-state index contributed by atoms with van der Waals surface area (Å²) in [6.45, 7) is 5.51. The fraction of sp³-hybridized carbons (Fsp3) is 0.909. The Morgan fingerprint density at radius 3 is 2.47 bits per heavy atom. The highest BCUT2D eigenvalue weighted by Crippen LogP contribution is 2.23. The molecule has 0 saturated carbocycles. The number of nitrogens with one attached hydrogen (secondary N) is 1. The largest absolute Gasteiger partial charge is 0.350 e. The van der Waals surface area contributed by atoms with Crippen molar-refractivity contribution in [3.63, 3.8) is 0 Å². The van der Waals surface area contributed by atoms with Crippen molar-refractivity contribution in [2.45, 2.75) is 51.1 Å². The van der Waals surface area contributed by atoms with E-state index >= 15 is 0 Å². The SMILES string of the molecule is CC(C)(N)CCC(=O)NC1(C)CCS(=O)(=O)C1. The Morgan fingerprint density at radius 1 is 1.47 bits per heavy atom. The Morgan fingerprint density at radius 2 is 2.06 bits per heavy atom. The van der Waals surface area contributed by atoms with Crippen LogP contribution < -0.4 is 11.1 Å². The van der Waals surface area contributed by atoms with Crippen molar-refractivity contribution in [2.75, 3.05) is 11.5 Å². The van der Waals surface area contributed by atoms with Crippen LogP contribution in [0.25, 0.3) is 0 Å². The van der Waals surface area contributed by atoms with Crippen LogP contribution in [0.4, 0.5) is 0 Å². The third-order valence-corrected chi connectivity index (χ3v) is 4.84. The van der Waals surface area contributed by atoms with Crippen LogP contribution >= 0.6 is 0 Å². The van der Waals surface area contributed by atoms with Gasteiger partial charge in [0.1, 0.15) is 0 Å². The minimum Gasteiger partial charge on any atom is -0.350 e. The average molecular weight is 262 g/mol. The molecule has 3 N–H and O–H groups in total. The highest BCUT2D eigenvalue weighted by Gasteiger charge is 2.39. The van der Waals surface area contributed by atoms with Gasteiger partial charge in [-0.15, -0.1) is 0 Å². The first-order valence-corrected chi connectivity index (χ1v) is 7.64. The molecule has 1 aliphatic rings. The molecule has 0 spiro atoms. The zero-order valence-electron chi connectivity index (χ0n) is 10.7. The lowest BCUT2D eigenvalue weighted by Crippen LogP contribution is -2.47. The summed E-state index contributed by atoms with van der Waals surface area (Å²) in [5.74, 6) is 0.0762. The Hall–Kier alpha value is -0.620. The van der Waals surface area contributed by atoms with Gasteiger partial charge in [-0.3, -0.25) is 4.79 Å². The van der Waals surface area contributed by atoms with Crippen LogP contribution in [0.3, 0.4) is 0 Å². The van der Waals surface area contributed by atoms with Gasteiger partial charge < -0.3 is 11.1 Å². The highest BCUT2D eigenvalue weighted by atomic mass is 32.2. The van der Waals surface area contributed by atoms with E-state index < -0.39 is 15.4 Å². The molecule has 100 valence electrons. The van der Waals surface area contributed by atoms with Gasteiger partial charge in [-0.1, -0.05) is 0 Å². The van der Waals surface area contributed by atoms with Gasteiger partial charge in [0.25, 0.3) is 0 Å². The number of hydrogen-bond acceptors (Lipinski definition) is 4. The fourth-order valence-electron chi connectivity index (χ4n) is 1.94. The molecular weight excluding hydrogens is 240 g/mol. The van der Waals surface area contributed by atoms with Crippen molar-refractivity contribution in [2.24, 2.45) is 5.73 Å². The molecule has 0 bridgehead atoms. The monoisotopic (exact) mass is 262 g/mol. The maximum Gasteiger partial charge on any atom is 0.220 e. The number of carbonyl (C=O) groups is 1. The molecule has 1 saturated heterocycles. The summed E-state index contributed by atoms with van der Waals surface area (Å²) >= 11 is 0. The van der Waals surface area contributed by atoms with Crippen molar-refractivity contribution in [1.29, 1.82) is 0 Å². The molecular formula is C11H22N2O3S. The van der Waals surface area contributed by atoms with Crippen molar-refractivity contribution < 1.29 is 13.2 Å². The zero-order chi connectivity index (χ0) is 13.3. The number of rotatable bonds is 4. The van der Waals surface area contributed by atoms with E-state index in [0.29, 0.717) is 19.3 Å². The smallest absolute Gasteiger partial charge is 0.220 e. The molecule has 6 heteroatoms. The van der Waals surface area contributed by atoms with Crippen LogP contribution in [0, 0.1) is 0 Å². The predicted molar refractivity (Wildman–Crippen MR) is 67.3 cm³/mol. The molecule has 0 aromatic rings. The van der Waals surface area contributed by atoms with Crippen molar-refractivity contribution in [3.8, 4) is 0 Å². The summed E-state index contributed by atoms with van der Waals surface area (Å²) in [4.78, 5) is 11.7. The molecule has 0 radical (unpaired) electrons. The van der Waals surface area contributed by atoms with Gasteiger partial charge >= 0.3 is 0 Å². The Bertz CT molecular complexity index is 397. The second kappa shape index (κ2) is 4.57. The van der Waals surface area contributed by atoms with Gasteiger partial charge in [0, 0.05) is 12.0 Å². The van der Waals surface area contributed by atoms with E-state index in [1.807, 2.05) is 13.8 Å². The zero-order valence-corrected chi connectivity index (χ0v) is 11.6. The molecule has 1 fully saturated rings. The molecule has 5 nitrogen and oxygen atoms in total. The van der Waals surface area contributed by atoms with Crippen molar-refractivity contribution >= 4 is 15.7 Å². The minimum atomic E-state index is -2.98. The maximum atomic E-state index is 11.7. The lowest BCUT2D eigenvalue weighted by Gasteiger charge is -2.25. The third-order valence-electron chi connectivity index (χ3n) is 2.94. The molecule has 1 atom stereocenters. The summed E-state index contributed by atoms with van der Waals surface area (Å²) in [6, 6.07) is 0. The Labute approximate surface area is 103 Å². The predicted octanol–water partition coefficient (Wildman–Crippen LogP) is 0.197. The van der Waals surface area contributed by atoms with E-state index in [1.54, 1.807) is 6.92 Å². The number of nitrogens with two attached hydrogens (primary N) is 1. The van der Waals surface area contributed by atoms with Crippen molar-refractivity contribution in [1.82, 2.24) is 5.32 Å². The third kappa shape index (κ3) is 5.04. The molecule has 1 aliphatic heterocycles.